The van der Waals surface area contributed by atoms with Gasteiger partial charge in [-0.3, -0.25) is 4.98 Å². The van der Waals surface area contributed by atoms with E-state index >= 15 is 0 Å². The molecule has 18 heavy (non-hydrogen) atoms. The summed E-state index contributed by atoms with van der Waals surface area (Å²) in [5.74, 6) is 0.475. The van der Waals surface area contributed by atoms with Gasteiger partial charge in [0.25, 0.3) is 0 Å². The summed E-state index contributed by atoms with van der Waals surface area (Å²) in [5.41, 5.74) is 6.61. The molecule has 0 fully saturated rings. The van der Waals surface area contributed by atoms with Gasteiger partial charge in [-0.25, -0.2) is 4.99 Å². The largest absolute Gasteiger partial charge is 0.370 e. The summed E-state index contributed by atoms with van der Waals surface area (Å²) in [6, 6.07) is 3.65. The lowest BCUT2D eigenvalue weighted by molar-refractivity contribution is 0.652. The van der Waals surface area contributed by atoms with E-state index in [1.54, 1.807) is 12.3 Å². The van der Waals surface area contributed by atoms with Crippen LogP contribution in [0.3, 0.4) is 0 Å². The van der Waals surface area contributed by atoms with Crippen molar-refractivity contribution in [3.05, 3.63) is 29.0 Å². The Hall–Kier alpha value is -1.29. The summed E-state index contributed by atoms with van der Waals surface area (Å²) in [4.78, 5) is 8.37. The first kappa shape index (κ1) is 14.8. The molecule has 1 rings (SSSR count). The van der Waals surface area contributed by atoms with Crippen LogP contribution in [0, 0.1) is 0 Å². The van der Waals surface area contributed by atoms with Crippen LogP contribution in [0.4, 0.5) is 0 Å². The number of hydrogen-bond acceptors (Lipinski definition) is 2. The number of nitrogens with zero attached hydrogens (tertiary/aromatic N) is 2. The van der Waals surface area contributed by atoms with Gasteiger partial charge in [0.05, 0.1) is 17.3 Å². The maximum Gasteiger partial charge on any atom is 0.188 e. The molecule has 0 aromatic carbocycles. The Morgan fingerprint density at radius 3 is 2.89 bits per heavy atom. The molecule has 0 radical (unpaired) electrons. The molecule has 0 saturated heterocycles. The fraction of sp³-hybridized carbons (Fsp3) is 0.538. The number of guanidine groups is 1. The summed E-state index contributed by atoms with van der Waals surface area (Å²) in [6.45, 7) is 3.55. The van der Waals surface area contributed by atoms with Gasteiger partial charge in [-0.15, -0.1) is 0 Å². The van der Waals surface area contributed by atoms with Gasteiger partial charge in [-0.2, -0.15) is 0 Å². The third kappa shape index (κ3) is 6.45. The first-order chi connectivity index (χ1) is 8.72. The third-order valence-electron chi connectivity index (χ3n) is 2.54. The van der Waals surface area contributed by atoms with E-state index in [0.29, 0.717) is 17.5 Å². The quantitative estimate of drug-likeness (QED) is 0.454. The van der Waals surface area contributed by atoms with Gasteiger partial charge in [0.1, 0.15) is 0 Å². The highest BCUT2D eigenvalue weighted by Crippen LogP contribution is 2.06. The number of nitrogens with one attached hydrogen (secondary N) is 1. The lowest BCUT2D eigenvalue weighted by Gasteiger charge is -2.05. The lowest BCUT2D eigenvalue weighted by atomic mass is 10.2. The van der Waals surface area contributed by atoms with Gasteiger partial charge in [0.15, 0.2) is 5.96 Å². The lowest BCUT2D eigenvalue weighted by Crippen LogP contribution is -2.32. The molecule has 0 amide bonds. The van der Waals surface area contributed by atoms with Gasteiger partial charge in [0, 0.05) is 12.7 Å². The minimum Gasteiger partial charge on any atom is -0.370 e. The van der Waals surface area contributed by atoms with Gasteiger partial charge in [-0.1, -0.05) is 37.8 Å². The molecule has 3 N–H and O–H groups in total. The van der Waals surface area contributed by atoms with E-state index in [4.69, 9.17) is 17.3 Å². The number of aliphatic imine (C=N–C) groups is 1. The monoisotopic (exact) mass is 268 g/mol. The van der Waals surface area contributed by atoms with Crippen LogP contribution >= 0.6 is 11.6 Å². The summed E-state index contributed by atoms with van der Waals surface area (Å²) >= 11 is 5.75. The number of halogens is 1. The van der Waals surface area contributed by atoms with E-state index in [0.717, 1.165) is 18.7 Å². The van der Waals surface area contributed by atoms with Crippen LogP contribution in [0.5, 0.6) is 0 Å². The summed E-state index contributed by atoms with van der Waals surface area (Å²) in [7, 11) is 0. The molecule has 1 aromatic rings. The first-order valence-corrected chi connectivity index (χ1v) is 6.74. The topological polar surface area (TPSA) is 63.3 Å². The van der Waals surface area contributed by atoms with Crippen LogP contribution < -0.4 is 11.1 Å². The normalized spacial score (nSPS) is 11.6. The summed E-state index contributed by atoms with van der Waals surface area (Å²) in [5, 5.41) is 3.73. The first-order valence-electron chi connectivity index (χ1n) is 6.36. The maximum absolute atomic E-state index is 5.75. The molecule has 0 aliphatic carbocycles. The van der Waals surface area contributed by atoms with Crippen molar-refractivity contribution in [3.63, 3.8) is 0 Å². The smallest absolute Gasteiger partial charge is 0.188 e. The Kier molecular flexibility index (Phi) is 7.18. The van der Waals surface area contributed by atoms with Crippen molar-refractivity contribution in [2.75, 3.05) is 6.54 Å². The number of pyridine rings is 1. The standard InChI is InChI=1S/C13H21ClN4/c1-2-3-4-5-8-16-13(15)18-10-12-7-6-11(14)9-17-12/h6-7,9H,2-5,8,10H2,1H3,(H3,15,16,18). The zero-order chi connectivity index (χ0) is 13.2. The van der Waals surface area contributed by atoms with Crippen LogP contribution in [-0.4, -0.2) is 17.5 Å². The summed E-state index contributed by atoms with van der Waals surface area (Å²) < 4.78 is 0. The molecule has 0 unspecified atom stereocenters. The molecule has 0 aliphatic heterocycles. The number of rotatable bonds is 7. The number of unbranched alkanes of at least 4 members (excludes halogenated alkanes) is 3. The molecule has 0 spiro atoms. The van der Waals surface area contributed by atoms with E-state index in [1.165, 1.54) is 19.3 Å². The van der Waals surface area contributed by atoms with E-state index < -0.39 is 0 Å². The molecular weight excluding hydrogens is 248 g/mol. The van der Waals surface area contributed by atoms with Gasteiger partial charge < -0.3 is 11.1 Å². The zero-order valence-corrected chi connectivity index (χ0v) is 11.6. The minimum atomic E-state index is 0.475. The fourth-order valence-corrected chi connectivity index (χ4v) is 1.60. The number of nitrogens with two attached hydrogens (primary N) is 1. The number of aromatic nitrogens is 1. The highest BCUT2D eigenvalue weighted by atomic mass is 35.5. The third-order valence-corrected chi connectivity index (χ3v) is 2.76. The Labute approximate surface area is 114 Å². The van der Waals surface area contributed by atoms with Crippen LogP contribution in [0.25, 0.3) is 0 Å². The zero-order valence-electron chi connectivity index (χ0n) is 10.8. The average Bonchev–Trinajstić information content (AvgIpc) is 2.38. The predicted octanol–water partition coefficient (Wildman–Crippen LogP) is 2.72. The molecular formula is C13H21ClN4. The van der Waals surface area contributed by atoms with Gasteiger partial charge in [0.2, 0.25) is 0 Å². The molecule has 1 aromatic heterocycles. The van der Waals surface area contributed by atoms with Crippen LogP contribution in [0.2, 0.25) is 5.02 Å². The van der Waals surface area contributed by atoms with E-state index in [2.05, 4.69) is 22.2 Å². The van der Waals surface area contributed by atoms with Crippen LogP contribution in [-0.2, 0) is 6.54 Å². The highest BCUT2D eigenvalue weighted by molar-refractivity contribution is 6.30. The van der Waals surface area contributed by atoms with Crippen molar-refractivity contribution >= 4 is 17.6 Å². The second-order valence-corrected chi connectivity index (χ2v) is 4.59. The highest BCUT2D eigenvalue weighted by Gasteiger charge is 1.95. The number of hydrogen-bond donors (Lipinski definition) is 2. The second kappa shape index (κ2) is 8.75. The molecule has 0 atom stereocenters. The Balaban J connectivity index is 2.22. The van der Waals surface area contributed by atoms with Crippen molar-refractivity contribution in [2.24, 2.45) is 10.7 Å². The van der Waals surface area contributed by atoms with Crippen LogP contribution in [0.1, 0.15) is 38.3 Å². The molecule has 0 bridgehead atoms. The van der Waals surface area contributed by atoms with Crippen molar-refractivity contribution < 1.29 is 0 Å². The van der Waals surface area contributed by atoms with E-state index in [9.17, 15) is 0 Å². The predicted molar refractivity (Wildman–Crippen MR) is 76.7 cm³/mol. The van der Waals surface area contributed by atoms with Crippen LogP contribution in [0.15, 0.2) is 23.3 Å². The van der Waals surface area contributed by atoms with E-state index in [1.807, 2.05) is 6.07 Å². The SMILES string of the molecule is CCCCCCNC(N)=NCc1ccc(Cl)cn1. The van der Waals surface area contributed by atoms with E-state index in [-0.39, 0.29) is 0 Å². The molecule has 0 saturated carbocycles. The van der Waals surface area contributed by atoms with Crippen molar-refractivity contribution in [3.8, 4) is 0 Å². The summed E-state index contributed by atoms with van der Waals surface area (Å²) in [6.07, 6.45) is 6.48. The van der Waals surface area contributed by atoms with Crippen molar-refractivity contribution in [1.29, 1.82) is 0 Å². The van der Waals surface area contributed by atoms with Gasteiger partial charge >= 0.3 is 0 Å². The molecule has 100 valence electrons. The second-order valence-electron chi connectivity index (χ2n) is 4.16. The Bertz CT molecular complexity index is 362. The van der Waals surface area contributed by atoms with Gasteiger partial charge in [-0.05, 0) is 18.6 Å². The minimum absolute atomic E-state index is 0.475. The molecule has 1 heterocycles. The molecule has 0 aliphatic rings. The Morgan fingerprint density at radius 2 is 2.22 bits per heavy atom. The maximum atomic E-state index is 5.75. The fourth-order valence-electron chi connectivity index (χ4n) is 1.49. The van der Waals surface area contributed by atoms with Crippen molar-refractivity contribution in [1.82, 2.24) is 10.3 Å². The molecule has 5 heteroatoms. The Morgan fingerprint density at radius 1 is 1.39 bits per heavy atom. The van der Waals surface area contributed by atoms with Crippen molar-refractivity contribution in [2.45, 2.75) is 39.2 Å². The molecule has 4 nitrogen and oxygen atoms in total. The average molecular weight is 269 g/mol.